The molecule has 0 unspecified atom stereocenters. The number of halogens is 2. The van der Waals surface area contributed by atoms with Gasteiger partial charge in [0.2, 0.25) is 10.0 Å². The maximum atomic E-state index is 14.0. The summed E-state index contributed by atoms with van der Waals surface area (Å²) in [5.41, 5.74) is 0.0207. The number of carbonyl (C=O) groups is 1. The number of anilines is 1. The lowest BCUT2D eigenvalue weighted by Crippen LogP contribution is -2.49. The number of nitrogens with one attached hydrogen (secondary N) is 1. The lowest BCUT2D eigenvalue weighted by Gasteiger charge is -2.34. The molecule has 3 atom stereocenters. The Morgan fingerprint density at radius 1 is 1.15 bits per heavy atom. The summed E-state index contributed by atoms with van der Waals surface area (Å²) in [4.78, 5) is 14.4. The van der Waals surface area contributed by atoms with Crippen molar-refractivity contribution in [3.63, 3.8) is 0 Å². The molecule has 8 nitrogen and oxygen atoms in total. The van der Waals surface area contributed by atoms with Gasteiger partial charge in [0.1, 0.15) is 5.82 Å². The number of aliphatic hydroxyl groups is 1. The molecule has 2 aromatic carbocycles. The van der Waals surface area contributed by atoms with E-state index >= 15 is 0 Å². The Labute approximate surface area is 205 Å². The van der Waals surface area contributed by atoms with E-state index in [1.54, 1.807) is 13.0 Å². The van der Waals surface area contributed by atoms with Crippen LogP contribution in [-0.2, 0) is 14.8 Å². The normalized spacial score (nSPS) is 14.5. The summed E-state index contributed by atoms with van der Waals surface area (Å²) in [5.74, 6) is -0.905. The van der Waals surface area contributed by atoms with Crippen LogP contribution in [0.3, 0.4) is 0 Å². The Balaban J connectivity index is 2.14. The highest BCUT2D eigenvalue weighted by atomic mass is 35.5. The lowest BCUT2D eigenvalue weighted by molar-refractivity contribution is 0.0305. The van der Waals surface area contributed by atoms with Gasteiger partial charge in [-0.05, 0) is 43.3 Å². The fourth-order valence-corrected chi connectivity index (χ4v) is 4.67. The molecule has 0 saturated heterocycles. The third kappa shape index (κ3) is 7.13. The molecule has 0 aromatic heterocycles. The van der Waals surface area contributed by atoms with E-state index in [0.717, 1.165) is 0 Å². The molecule has 0 saturated carbocycles. The summed E-state index contributed by atoms with van der Waals surface area (Å²) >= 11 is 5.86. The number of sulfonamides is 1. The summed E-state index contributed by atoms with van der Waals surface area (Å²) in [7, 11) is -0.878. The van der Waals surface area contributed by atoms with E-state index < -0.39 is 34.0 Å². The van der Waals surface area contributed by atoms with E-state index in [-0.39, 0.29) is 36.2 Å². The van der Waals surface area contributed by atoms with Crippen molar-refractivity contribution < 1.29 is 27.4 Å². The number of nitrogens with zero attached hydrogens (tertiary/aromatic N) is 2. The highest BCUT2D eigenvalue weighted by Gasteiger charge is 2.30. The minimum absolute atomic E-state index is 0.0207. The van der Waals surface area contributed by atoms with Crippen LogP contribution in [0.4, 0.5) is 14.9 Å². The van der Waals surface area contributed by atoms with Gasteiger partial charge in [0.25, 0.3) is 0 Å². The number of aliphatic hydroxyl groups excluding tert-OH is 1. The maximum absolute atomic E-state index is 14.0. The number of urea groups is 1. The van der Waals surface area contributed by atoms with Gasteiger partial charge in [0.15, 0.2) is 0 Å². The molecule has 0 radical (unpaired) electrons. The maximum Gasteiger partial charge on any atom is 0.322 e. The average molecular weight is 516 g/mol. The van der Waals surface area contributed by atoms with Crippen molar-refractivity contribution in [2.45, 2.75) is 30.9 Å². The number of ether oxygens (including phenoxy) is 1. The number of rotatable bonds is 11. The predicted molar refractivity (Wildman–Crippen MR) is 130 cm³/mol. The van der Waals surface area contributed by atoms with E-state index in [1.807, 2.05) is 6.92 Å². The third-order valence-corrected chi connectivity index (χ3v) is 7.64. The second-order valence-corrected chi connectivity index (χ2v) is 10.6. The fourth-order valence-electron chi connectivity index (χ4n) is 3.36. The van der Waals surface area contributed by atoms with Crippen molar-refractivity contribution in [3.05, 3.63) is 59.4 Å². The SMILES string of the molecule is CO[C@H](CN(C)S(=O)(=O)c1ccc(Cl)cc1)[C@H](C)CN(C(=O)Nc1ccccc1F)[C@H](C)CO. The topological polar surface area (TPSA) is 99.2 Å². The Hall–Kier alpha value is -2.24. The van der Waals surface area contributed by atoms with E-state index in [4.69, 9.17) is 16.3 Å². The largest absolute Gasteiger partial charge is 0.394 e. The second kappa shape index (κ2) is 12.5. The number of para-hydroxylation sites is 1. The fraction of sp³-hybridized carbons (Fsp3) is 0.435. The van der Waals surface area contributed by atoms with Crippen LogP contribution in [-0.4, -0.2) is 74.8 Å². The molecule has 2 rings (SSSR count). The van der Waals surface area contributed by atoms with Crippen LogP contribution in [0.15, 0.2) is 53.4 Å². The number of carbonyl (C=O) groups excluding carboxylic acids is 1. The number of hydrogen-bond donors (Lipinski definition) is 2. The van der Waals surface area contributed by atoms with E-state index in [0.29, 0.717) is 5.02 Å². The van der Waals surface area contributed by atoms with Gasteiger partial charge >= 0.3 is 6.03 Å². The molecule has 188 valence electrons. The molecule has 0 fully saturated rings. The first-order valence-electron chi connectivity index (χ1n) is 10.7. The van der Waals surface area contributed by atoms with Crippen LogP contribution in [0.2, 0.25) is 5.02 Å². The van der Waals surface area contributed by atoms with Gasteiger partial charge in [0.05, 0.1) is 29.3 Å². The molecule has 0 aliphatic heterocycles. The van der Waals surface area contributed by atoms with Crippen LogP contribution in [0.1, 0.15) is 13.8 Å². The lowest BCUT2D eigenvalue weighted by atomic mass is 10.0. The van der Waals surface area contributed by atoms with Crippen LogP contribution in [0, 0.1) is 11.7 Å². The summed E-state index contributed by atoms with van der Waals surface area (Å²) in [6.07, 6.45) is -0.568. The minimum atomic E-state index is -3.79. The highest BCUT2D eigenvalue weighted by Crippen LogP contribution is 2.21. The van der Waals surface area contributed by atoms with E-state index in [2.05, 4.69) is 5.32 Å². The Morgan fingerprint density at radius 3 is 2.32 bits per heavy atom. The van der Waals surface area contributed by atoms with Crippen molar-refractivity contribution in [2.75, 3.05) is 39.2 Å². The number of benzene rings is 2. The number of amides is 2. The number of hydrogen-bond acceptors (Lipinski definition) is 5. The van der Waals surface area contributed by atoms with Crippen molar-refractivity contribution in [1.29, 1.82) is 0 Å². The smallest absolute Gasteiger partial charge is 0.322 e. The van der Waals surface area contributed by atoms with Crippen molar-refractivity contribution in [1.82, 2.24) is 9.21 Å². The van der Waals surface area contributed by atoms with Crippen LogP contribution in [0.25, 0.3) is 0 Å². The summed E-state index contributed by atoms with van der Waals surface area (Å²) in [6.45, 7) is 3.32. The van der Waals surface area contributed by atoms with Crippen LogP contribution in [0.5, 0.6) is 0 Å². The van der Waals surface area contributed by atoms with E-state index in [9.17, 15) is 22.7 Å². The molecule has 0 aliphatic rings. The zero-order chi connectivity index (χ0) is 25.5. The molecule has 0 spiro atoms. The molecule has 11 heteroatoms. The molecule has 0 aliphatic carbocycles. The first-order chi connectivity index (χ1) is 16.0. The number of likely N-dealkylation sites (N-methyl/N-ethyl adjacent to an activating group) is 1. The summed E-state index contributed by atoms with van der Waals surface area (Å²) in [5, 5.41) is 12.6. The molecule has 0 bridgehead atoms. The quantitative estimate of drug-likeness (QED) is 0.476. The van der Waals surface area contributed by atoms with Gasteiger partial charge in [-0.3, -0.25) is 0 Å². The molecule has 0 heterocycles. The van der Waals surface area contributed by atoms with Crippen LogP contribution < -0.4 is 5.32 Å². The average Bonchev–Trinajstić information content (AvgIpc) is 2.81. The Bertz CT molecular complexity index is 1050. The predicted octanol–water partition coefficient (Wildman–Crippen LogP) is 3.67. The second-order valence-electron chi connectivity index (χ2n) is 8.08. The van der Waals surface area contributed by atoms with Crippen molar-refractivity contribution >= 4 is 33.3 Å². The van der Waals surface area contributed by atoms with E-state index in [1.165, 1.54) is 65.8 Å². The molecular weight excluding hydrogens is 485 g/mol. The Kier molecular flexibility index (Phi) is 10.3. The third-order valence-electron chi connectivity index (χ3n) is 5.55. The zero-order valence-corrected chi connectivity index (χ0v) is 21.2. The first kappa shape index (κ1) is 28.0. The molecule has 2 aromatic rings. The summed E-state index contributed by atoms with van der Waals surface area (Å²) < 4.78 is 46.6. The standard InChI is InChI=1S/C23H31ClFN3O5S/c1-16(13-28(17(2)15-29)23(30)26-21-8-6-5-7-20(21)25)22(33-4)14-27(3)34(31,32)19-11-9-18(24)10-12-19/h5-12,16-17,22,29H,13-15H2,1-4H3,(H,26,30)/t16-,17-,22-/m1/s1. The van der Waals surface area contributed by atoms with Crippen LogP contribution >= 0.6 is 11.6 Å². The molecule has 2 amide bonds. The van der Waals surface area contributed by atoms with Gasteiger partial charge < -0.3 is 20.1 Å². The number of methoxy groups -OCH3 is 1. The van der Waals surface area contributed by atoms with Gasteiger partial charge in [0, 0.05) is 38.2 Å². The van der Waals surface area contributed by atoms with Gasteiger partial charge in [-0.25, -0.2) is 17.6 Å². The first-order valence-corrected chi connectivity index (χ1v) is 12.5. The molecular formula is C23H31ClFN3O5S. The molecule has 34 heavy (non-hydrogen) atoms. The molecule has 2 N–H and O–H groups in total. The highest BCUT2D eigenvalue weighted by molar-refractivity contribution is 7.89. The zero-order valence-electron chi connectivity index (χ0n) is 19.6. The summed E-state index contributed by atoms with van der Waals surface area (Å²) in [6, 6.07) is 10.5. The van der Waals surface area contributed by atoms with Crippen molar-refractivity contribution in [3.8, 4) is 0 Å². The minimum Gasteiger partial charge on any atom is -0.394 e. The van der Waals surface area contributed by atoms with Gasteiger partial charge in [-0.1, -0.05) is 30.7 Å². The van der Waals surface area contributed by atoms with Gasteiger partial charge in [-0.15, -0.1) is 0 Å². The van der Waals surface area contributed by atoms with Gasteiger partial charge in [-0.2, -0.15) is 4.31 Å². The monoisotopic (exact) mass is 515 g/mol. The Morgan fingerprint density at radius 2 is 1.76 bits per heavy atom. The van der Waals surface area contributed by atoms with Crippen molar-refractivity contribution in [2.24, 2.45) is 5.92 Å².